The molecule has 1 aromatic rings. The third-order valence-electron chi connectivity index (χ3n) is 3.39. The molecule has 0 spiro atoms. The van der Waals surface area contributed by atoms with E-state index in [2.05, 4.69) is 29.0 Å². The molecule has 0 radical (unpaired) electrons. The monoisotopic (exact) mass is 249 g/mol. The predicted molar refractivity (Wildman–Crippen MR) is 72.5 cm³/mol. The van der Waals surface area contributed by atoms with Crippen LogP contribution in [0.3, 0.4) is 0 Å². The van der Waals surface area contributed by atoms with Crippen LogP contribution in [0.4, 0.5) is 0 Å². The number of likely N-dealkylation sites (tertiary alicyclic amines) is 1. The van der Waals surface area contributed by atoms with Crippen LogP contribution in [-0.2, 0) is 0 Å². The largest absolute Gasteiger partial charge is 0.357 e. The number of aromatic amines is 1. The second-order valence-corrected chi connectivity index (χ2v) is 5.60. The Labute approximate surface area is 109 Å². The third-order valence-corrected chi connectivity index (χ3v) is 3.39. The Bertz CT molecular complexity index is 372. The van der Waals surface area contributed by atoms with Crippen molar-refractivity contribution in [1.82, 2.24) is 15.2 Å². The Kier molecular flexibility index (Phi) is 4.42. The van der Waals surface area contributed by atoms with E-state index in [4.69, 9.17) is 0 Å². The van der Waals surface area contributed by atoms with Crippen molar-refractivity contribution in [2.75, 3.05) is 26.2 Å². The van der Waals surface area contributed by atoms with Gasteiger partial charge in [-0.1, -0.05) is 13.8 Å². The zero-order chi connectivity index (χ0) is 13.0. The van der Waals surface area contributed by atoms with Gasteiger partial charge in [-0.2, -0.15) is 0 Å². The van der Waals surface area contributed by atoms with E-state index in [1.807, 2.05) is 6.07 Å². The van der Waals surface area contributed by atoms with E-state index in [0.717, 1.165) is 19.0 Å². The highest BCUT2D eigenvalue weighted by molar-refractivity contribution is 5.92. The molecule has 2 rings (SSSR count). The van der Waals surface area contributed by atoms with Gasteiger partial charge in [-0.3, -0.25) is 4.79 Å². The number of carbonyl (C=O) groups is 1. The molecular formula is C14H23N3O. The summed E-state index contributed by atoms with van der Waals surface area (Å²) in [6.07, 6.45) is 2.96. The third kappa shape index (κ3) is 3.60. The van der Waals surface area contributed by atoms with Gasteiger partial charge in [0.15, 0.2) is 0 Å². The molecule has 2 heterocycles. The molecule has 100 valence electrons. The average molecular weight is 249 g/mol. The van der Waals surface area contributed by atoms with Gasteiger partial charge in [0.25, 0.3) is 5.91 Å². The minimum Gasteiger partial charge on any atom is -0.357 e. The molecule has 2 N–H and O–H groups in total. The number of hydrogen-bond acceptors (Lipinski definition) is 2. The summed E-state index contributed by atoms with van der Waals surface area (Å²) in [5.74, 6) is 1.32. The summed E-state index contributed by atoms with van der Waals surface area (Å²) in [4.78, 5) is 17.2. The van der Waals surface area contributed by atoms with Gasteiger partial charge in [0.1, 0.15) is 5.69 Å². The number of carbonyl (C=O) groups excluding carboxylic acids is 1. The molecule has 1 atom stereocenters. The van der Waals surface area contributed by atoms with E-state index in [1.165, 1.54) is 19.5 Å². The molecule has 4 heteroatoms. The molecule has 1 aliphatic rings. The standard InChI is InChI=1S/C14H23N3O/c1-11(2)9-17-7-5-12(10-17)8-16-14(18)13-4-3-6-15-13/h3-4,6,11-12,15H,5,7-10H2,1-2H3,(H,16,18). The van der Waals surface area contributed by atoms with Crippen molar-refractivity contribution < 1.29 is 4.79 Å². The van der Waals surface area contributed by atoms with Gasteiger partial charge in [-0.15, -0.1) is 0 Å². The highest BCUT2D eigenvalue weighted by atomic mass is 16.1. The highest BCUT2D eigenvalue weighted by Crippen LogP contribution is 2.16. The molecule has 1 amide bonds. The Morgan fingerprint density at radius 1 is 1.61 bits per heavy atom. The van der Waals surface area contributed by atoms with Crippen molar-refractivity contribution in [3.05, 3.63) is 24.0 Å². The van der Waals surface area contributed by atoms with Crippen molar-refractivity contribution in [2.45, 2.75) is 20.3 Å². The normalized spacial score (nSPS) is 20.5. The summed E-state index contributed by atoms with van der Waals surface area (Å²) in [5, 5.41) is 3.00. The smallest absolute Gasteiger partial charge is 0.267 e. The molecule has 1 aliphatic heterocycles. The van der Waals surface area contributed by atoms with Crippen molar-refractivity contribution in [1.29, 1.82) is 0 Å². The van der Waals surface area contributed by atoms with E-state index in [-0.39, 0.29) is 5.91 Å². The molecule has 1 unspecified atom stereocenters. The SMILES string of the molecule is CC(C)CN1CCC(CNC(=O)c2ccc[nH]2)C1. The Hall–Kier alpha value is -1.29. The first kappa shape index (κ1) is 13.1. The zero-order valence-corrected chi connectivity index (χ0v) is 11.3. The number of rotatable bonds is 5. The van der Waals surface area contributed by atoms with Crippen LogP contribution in [0, 0.1) is 11.8 Å². The van der Waals surface area contributed by atoms with Gasteiger partial charge in [-0.25, -0.2) is 0 Å². The maximum Gasteiger partial charge on any atom is 0.267 e. The van der Waals surface area contributed by atoms with Crippen LogP contribution >= 0.6 is 0 Å². The predicted octanol–water partition coefficient (Wildman–Crippen LogP) is 1.72. The summed E-state index contributed by atoms with van der Waals surface area (Å²) >= 11 is 0. The van der Waals surface area contributed by atoms with Crippen LogP contribution in [0.5, 0.6) is 0 Å². The summed E-state index contributed by atoms with van der Waals surface area (Å²) in [5.41, 5.74) is 0.645. The van der Waals surface area contributed by atoms with Crippen molar-refractivity contribution in [3.63, 3.8) is 0 Å². The molecule has 0 aromatic carbocycles. The number of nitrogens with one attached hydrogen (secondary N) is 2. The quantitative estimate of drug-likeness (QED) is 0.835. The first-order valence-corrected chi connectivity index (χ1v) is 6.79. The van der Waals surface area contributed by atoms with Gasteiger partial charge in [0.2, 0.25) is 0 Å². The first-order valence-electron chi connectivity index (χ1n) is 6.79. The Morgan fingerprint density at radius 2 is 2.44 bits per heavy atom. The van der Waals surface area contributed by atoms with Crippen LogP contribution in [0.2, 0.25) is 0 Å². The Balaban J connectivity index is 1.71. The fourth-order valence-corrected chi connectivity index (χ4v) is 2.57. The lowest BCUT2D eigenvalue weighted by atomic mass is 10.1. The van der Waals surface area contributed by atoms with Crippen LogP contribution in [0.15, 0.2) is 18.3 Å². The molecular weight excluding hydrogens is 226 g/mol. The van der Waals surface area contributed by atoms with Crippen molar-refractivity contribution >= 4 is 5.91 Å². The topological polar surface area (TPSA) is 48.1 Å². The molecule has 4 nitrogen and oxygen atoms in total. The van der Waals surface area contributed by atoms with Crippen molar-refractivity contribution in [2.24, 2.45) is 11.8 Å². The van der Waals surface area contributed by atoms with Crippen LogP contribution in [0.25, 0.3) is 0 Å². The molecule has 1 aromatic heterocycles. The number of H-pyrrole nitrogens is 1. The first-order chi connectivity index (χ1) is 8.65. The lowest BCUT2D eigenvalue weighted by Gasteiger charge is -2.18. The van der Waals surface area contributed by atoms with Gasteiger partial charge in [0, 0.05) is 25.8 Å². The second kappa shape index (κ2) is 6.05. The summed E-state index contributed by atoms with van der Waals surface area (Å²) in [7, 11) is 0. The maximum absolute atomic E-state index is 11.8. The lowest BCUT2D eigenvalue weighted by molar-refractivity contribution is 0.0943. The minimum absolute atomic E-state index is 0.00214. The van der Waals surface area contributed by atoms with E-state index in [0.29, 0.717) is 11.6 Å². The van der Waals surface area contributed by atoms with Gasteiger partial charge < -0.3 is 15.2 Å². The maximum atomic E-state index is 11.8. The van der Waals surface area contributed by atoms with E-state index in [9.17, 15) is 4.79 Å². The van der Waals surface area contributed by atoms with Crippen LogP contribution in [0.1, 0.15) is 30.8 Å². The molecule has 0 aliphatic carbocycles. The minimum atomic E-state index is 0.00214. The lowest BCUT2D eigenvalue weighted by Crippen LogP contribution is -2.32. The zero-order valence-electron chi connectivity index (χ0n) is 11.3. The fourth-order valence-electron chi connectivity index (χ4n) is 2.57. The second-order valence-electron chi connectivity index (χ2n) is 5.60. The molecule has 0 saturated carbocycles. The summed E-state index contributed by atoms with van der Waals surface area (Å²) < 4.78 is 0. The summed E-state index contributed by atoms with van der Waals surface area (Å²) in [6, 6.07) is 3.64. The van der Waals surface area contributed by atoms with Crippen LogP contribution < -0.4 is 5.32 Å². The van der Waals surface area contributed by atoms with Gasteiger partial charge in [0.05, 0.1) is 0 Å². The van der Waals surface area contributed by atoms with Gasteiger partial charge in [-0.05, 0) is 36.9 Å². The summed E-state index contributed by atoms with van der Waals surface area (Å²) in [6.45, 7) is 8.73. The van der Waals surface area contributed by atoms with E-state index in [1.54, 1.807) is 12.3 Å². The highest BCUT2D eigenvalue weighted by Gasteiger charge is 2.23. The van der Waals surface area contributed by atoms with E-state index < -0.39 is 0 Å². The fraction of sp³-hybridized carbons (Fsp3) is 0.643. The average Bonchev–Trinajstić information content (AvgIpc) is 2.95. The number of nitrogens with zero attached hydrogens (tertiary/aromatic N) is 1. The molecule has 1 saturated heterocycles. The van der Waals surface area contributed by atoms with Crippen molar-refractivity contribution in [3.8, 4) is 0 Å². The number of aromatic nitrogens is 1. The van der Waals surface area contributed by atoms with Crippen LogP contribution in [-0.4, -0.2) is 42.0 Å². The number of amides is 1. The molecule has 1 fully saturated rings. The Morgan fingerprint density at radius 3 is 3.11 bits per heavy atom. The molecule has 18 heavy (non-hydrogen) atoms. The van der Waals surface area contributed by atoms with E-state index >= 15 is 0 Å². The number of hydrogen-bond donors (Lipinski definition) is 2. The van der Waals surface area contributed by atoms with Gasteiger partial charge >= 0.3 is 0 Å². The molecule has 0 bridgehead atoms.